The van der Waals surface area contributed by atoms with Gasteiger partial charge in [0.2, 0.25) is 5.91 Å². The van der Waals surface area contributed by atoms with Gasteiger partial charge >= 0.3 is 0 Å². The summed E-state index contributed by atoms with van der Waals surface area (Å²) in [6.07, 6.45) is 3.41. The molecule has 0 heterocycles. The average molecular weight is 360 g/mol. The Hall–Kier alpha value is -2.14. The van der Waals surface area contributed by atoms with Gasteiger partial charge in [-0.2, -0.15) is 0 Å². The van der Waals surface area contributed by atoms with Crippen LogP contribution in [0, 0.1) is 0 Å². The normalized spacial score (nSPS) is 13.1. The topological polar surface area (TPSA) is 69.6 Å². The summed E-state index contributed by atoms with van der Waals surface area (Å²) in [4.78, 5) is 11.0. The lowest BCUT2D eigenvalue weighted by Gasteiger charge is -2.25. The molecule has 0 bridgehead atoms. The average Bonchev–Trinajstić information content (AvgIpc) is 2.65. The van der Waals surface area contributed by atoms with E-state index < -0.39 is 11.5 Å². The fourth-order valence-electron chi connectivity index (χ4n) is 2.69. The molecule has 0 aliphatic rings. The molecule has 2 aromatic carbocycles. The van der Waals surface area contributed by atoms with Gasteiger partial charge in [-0.25, -0.2) is 5.48 Å². The van der Waals surface area contributed by atoms with Crippen molar-refractivity contribution in [2.45, 2.75) is 31.3 Å². The van der Waals surface area contributed by atoms with Gasteiger partial charge < -0.3 is 5.11 Å². The summed E-state index contributed by atoms with van der Waals surface area (Å²) >= 11 is 5.91. The molecule has 0 saturated carbocycles. The van der Waals surface area contributed by atoms with Gasteiger partial charge in [-0.3, -0.25) is 10.0 Å². The van der Waals surface area contributed by atoms with E-state index in [9.17, 15) is 9.90 Å². The van der Waals surface area contributed by atoms with Gasteiger partial charge in [0.15, 0.2) is 0 Å². The van der Waals surface area contributed by atoms with E-state index in [2.05, 4.69) is 6.58 Å². The minimum atomic E-state index is -1.14. The maximum atomic E-state index is 11.0. The summed E-state index contributed by atoms with van der Waals surface area (Å²) in [6, 6.07) is 15.2. The van der Waals surface area contributed by atoms with Crippen molar-refractivity contribution in [3.63, 3.8) is 0 Å². The van der Waals surface area contributed by atoms with E-state index >= 15 is 0 Å². The third-order valence-corrected chi connectivity index (χ3v) is 4.49. The van der Waals surface area contributed by atoms with Crippen LogP contribution < -0.4 is 5.48 Å². The number of amides is 1. The van der Waals surface area contributed by atoms with E-state index in [0.717, 1.165) is 16.7 Å². The lowest BCUT2D eigenvalue weighted by Crippen LogP contribution is -2.23. The monoisotopic (exact) mass is 359 g/mol. The first-order valence-electron chi connectivity index (χ1n) is 8.14. The van der Waals surface area contributed by atoms with Crippen molar-refractivity contribution in [2.75, 3.05) is 0 Å². The van der Waals surface area contributed by atoms with Gasteiger partial charge in [-0.05, 0) is 48.1 Å². The van der Waals surface area contributed by atoms with Crippen molar-refractivity contribution in [2.24, 2.45) is 0 Å². The van der Waals surface area contributed by atoms with Gasteiger partial charge in [-0.1, -0.05) is 60.7 Å². The fraction of sp³-hybridized carbons (Fsp3) is 0.250. The molecule has 2 rings (SSSR count). The summed E-state index contributed by atoms with van der Waals surface area (Å²) in [5.41, 5.74) is 3.30. The largest absolute Gasteiger partial charge is 0.381 e. The molecule has 1 unspecified atom stereocenters. The van der Waals surface area contributed by atoms with E-state index in [0.29, 0.717) is 24.3 Å². The minimum absolute atomic E-state index is 0.221. The summed E-state index contributed by atoms with van der Waals surface area (Å²) in [7, 11) is 0. The van der Waals surface area contributed by atoms with Gasteiger partial charge in [0.05, 0.1) is 0 Å². The van der Waals surface area contributed by atoms with E-state index in [1.165, 1.54) is 6.08 Å². The molecule has 0 aliphatic carbocycles. The molecule has 0 aromatic heterocycles. The number of aliphatic hydroxyl groups is 1. The molecule has 0 radical (unpaired) electrons. The van der Waals surface area contributed by atoms with Crippen molar-refractivity contribution in [1.29, 1.82) is 0 Å². The summed E-state index contributed by atoms with van der Waals surface area (Å²) in [5, 5.41) is 20.0. The number of halogens is 1. The lowest BCUT2D eigenvalue weighted by molar-refractivity contribution is -0.129. The van der Waals surface area contributed by atoms with Crippen LogP contribution in [-0.2, 0) is 10.4 Å². The number of hydrogen-bond acceptors (Lipinski definition) is 3. The van der Waals surface area contributed by atoms with E-state index in [1.54, 1.807) is 5.48 Å². The van der Waals surface area contributed by atoms with Crippen molar-refractivity contribution < 1.29 is 15.1 Å². The highest BCUT2D eigenvalue weighted by atomic mass is 35.5. The zero-order chi connectivity index (χ0) is 18.3. The third kappa shape index (κ3) is 5.16. The molecule has 25 heavy (non-hydrogen) atoms. The Morgan fingerprint density at radius 2 is 1.64 bits per heavy atom. The number of carbonyl (C=O) groups excluding carboxylic acids is 1. The fourth-order valence-corrected chi connectivity index (χ4v) is 2.82. The highest BCUT2D eigenvalue weighted by Crippen LogP contribution is 2.31. The maximum Gasteiger partial charge on any atom is 0.243 e. The van der Waals surface area contributed by atoms with Crippen LogP contribution in [0.1, 0.15) is 31.2 Å². The highest BCUT2D eigenvalue weighted by Gasteiger charge is 2.24. The first-order chi connectivity index (χ1) is 12.0. The highest BCUT2D eigenvalue weighted by molar-refractivity contribution is 6.30. The number of hydrogen-bond donors (Lipinski definition) is 3. The number of rotatable bonds is 8. The van der Waals surface area contributed by atoms with Crippen LogP contribution in [0.25, 0.3) is 11.1 Å². The molecule has 4 nitrogen and oxygen atoms in total. The molecule has 1 amide bonds. The van der Waals surface area contributed by atoms with Crippen molar-refractivity contribution in [1.82, 2.24) is 5.48 Å². The van der Waals surface area contributed by atoms with E-state index in [-0.39, 0.29) is 6.42 Å². The Morgan fingerprint density at radius 1 is 1.08 bits per heavy atom. The Labute approximate surface area is 152 Å². The number of nitrogens with one attached hydrogen (secondary N) is 1. The Bertz CT molecular complexity index is 713. The van der Waals surface area contributed by atoms with Crippen LogP contribution >= 0.6 is 11.6 Å². The predicted octanol–water partition coefficient (Wildman–Crippen LogP) is 4.45. The van der Waals surface area contributed by atoms with Crippen molar-refractivity contribution in [3.8, 4) is 11.1 Å². The molecule has 5 heteroatoms. The Morgan fingerprint density at radius 3 is 2.16 bits per heavy atom. The molecule has 3 N–H and O–H groups in total. The predicted molar refractivity (Wildman–Crippen MR) is 99.4 cm³/mol. The zero-order valence-electron chi connectivity index (χ0n) is 13.9. The van der Waals surface area contributed by atoms with E-state index in [1.807, 2.05) is 48.5 Å². The SMILES string of the molecule is C=CC(O)(CCCCC(=O)NO)c1ccc(-c2ccc(Cl)cc2)cc1. The Balaban J connectivity index is 2.05. The van der Waals surface area contributed by atoms with Crippen molar-refractivity contribution >= 4 is 17.5 Å². The van der Waals surface area contributed by atoms with Crippen molar-refractivity contribution in [3.05, 3.63) is 71.8 Å². The molecule has 0 fully saturated rings. The standard InChI is InChI=1S/C20H22ClNO3/c1-2-20(24,14-4-3-5-19(23)22-25)17-10-6-15(7-11-17)16-8-12-18(21)13-9-16/h2,6-13,24-25H,1,3-5,14H2,(H,22,23). The summed E-state index contributed by atoms with van der Waals surface area (Å²) in [6.45, 7) is 3.75. The maximum absolute atomic E-state index is 11.0. The molecular formula is C20H22ClNO3. The summed E-state index contributed by atoms with van der Waals surface area (Å²) < 4.78 is 0. The van der Waals surface area contributed by atoms with Crippen LogP contribution in [0.5, 0.6) is 0 Å². The first-order valence-corrected chi connectivity index (χ1v) is 8.52. The molecular weight excluding hydrogens is 338 g/mol. The van der Waals surface area contributed by atoms with Gasteiger partial charge in [0, 0.05) is 11.4 Å². The van der Waals surface area contributed by atoms with E-state index in [4.69, 9.17) is 16.8 Å². The second kappa shape index (κ2) is 8.81. The number of benzene rings is 2. The van der Waals surface area contributed by atoms with Gasteiger partial charge in [0.25, 0.3) is 0 Å². The lowest BCUT2D eigenvalue weighted by atomic mass is 9.87. The van der Waals surface area contributed by atoms with Crippen LogP contribution in [-0.4, -0.2) is 16.2 Å². The summed E-state index contributed by atoms with van der Waals surface area (Å²) in [5.74, 6) is -0.422. The molecule has 0 aliphatic heterocycles. The first kappa shape index (κ1) is 19.2. The third-order valence-electron chi connectivity index (χ3n) is 4.24. The molecule has 2 aromatic rings. The minimum Gasteiger partial charge on any atom is -0.381 e. The number of unbranched alkanes of at least 4 members (excludes halogenated alkanes) is 1. The second-order valence-electron chi connectivity index (χ2n) is 5.95. The zero-order valence-corrected chi connectivity index (χ0v) is 14.7. The molecule has 0 saturated heterocycles. The van der Waals surface area contributed by atoms with Crippen LogP contribution in [0.3, 0.4) is 0 Å². The van der Waals surface area contributed by atoms with Gasteiger partial charge in [-0.15, -0.1) is 0 Å². The number of hydroxylamine groups is 1. The molecule has 0 spiro atoms. The molecule has 132 valence electrons. The van der Waals surface area contributed by atoms with Gasteiger partial charge in [0.1, 0.15) is 5.60 Å². The smallest absolute Gasteiger partial charge is 0.243 e. The Kier molecular flexibility index (Phi) is 6.76. The second-order valence-corrected chi connectivity index (χ2v) is 6.39. The quantitative estimate of drug-likeness (QED) is 0.282. The molecule has 1 atom stereocenters. The van der Waals surface area contributed by atoms with Crippen LogP contribution in [0.15, 0.2) is 61.2 Å². The number of carbonyl (C=O) groups is 1. The van der Waals surface area contributed by atoms with Crippen LogP contribution in [0.2, 0.25) is 5.02 Å². The van der Waals surface area contributed by atoms with Crippen LogP contribution in [0.4, 0.5) is 0 Å².